The van der Waals surface area contributed by atoms with Gasteiger partial charge in [0.25, 0.3) is 0 Å². The van der Waals surface area contributed by atoms with Crippen LogP contribution >= 0.6 is 11.8 Å². The van der Waals surface area contributed by atoms with E-state index in [0.717, 1.165) is 17.1 Å². The standard InChI is InChI=1S/C14H19N3O3S/c1-3-20-14(18)8-13(9-16-17-15)21-10-11-4-6-12(19-2)7-5-11/h4-7,13H,3,8-10H2,1-2H3. The van der Waals surface area contributed by atoms with Crippen molar-refractivity contribution in [3.8, 4) is 5.75 Å². The molecule has 21 heavy (non-hydrogen) atoms. The summed E-state index contributed by atoms with van der Waals surface area (Å²) < 4.78 is 10.0. The predicted molar refractivity (Wildman–Crippen MR) is 83.3 cm³/mol. The van der Waals surface area contributed by atoms with Crippen LogP contribution in [0.1, 0.15) is 18.9 Å². The zero-order valence-electron chi connectivity index (χ0n) is 12.2. The van der Waals surface area contributed by atoms with Crippen LogP contribution < -0.4 is 4.74 Å². The molecule has 0 amide bonds. The predicted octanol–water partition coefficient (Wildman–Crippen LogP) is 3.56. The molecule has 1 atom stereocenters. The van der Waals surface area contributed by atoms with Gasteiger partial charge < -0.3 is 9.47 Å². The minimum atomic E-state index is -0.266. The second-order valence-electron chi connectivity index (χ2n) is 4.20. The molecule has 0 heterocycles. The van der Waals surface area contributed by atoms with E-state index in [0.29, 0.717) is 6.61 Å². The van der Waals surface area contributed by atoms with Crippen LogP contribution in [-0.2, 0) is 15.3 Å². The molecule has 0 fully saturated rings. The van der Waals surface area contributed by atoms with E-state index in [1.807, 2.05) is 24.3 Å². The Morgan fingerprint density at radius 1 is 1.43 bits per heavy atom. The fraction of sp³-hybridized carbons (Fsp3) is 0.500. The lowest BCUT2D eigenvalue weighted by Crippen LogP contribution is -2.16. The number of esters is 1. The molecule has 1 rings (SSSR count). The Morgan fingerprint density at radius 2 is 2.14 bits per heavy atom. The second kappa shape index (κ2) is 9.96. The molecule has 1 aromatic rings. The number of hydrogen-bond acceptors (Lipinski definition) is 5. The number of carbonyl (C=O) groups is 1. The van der Waals surface area contributed by atoms with Gasteiger partial charge >= 0.3 is 5.97 Å². The highest BCUT2D eigenvalue weighted by Crippen LogP contribution is 2.23. The Bertz CT molecular complexity index is 487. The van der Waals surface area contributed by atoms with Crippen molar-refractivity contribution in [2.75, 3.05) is 20.3 Å². The average Bonchev–Trinajstić information content (AvgIpc) is 2.50. The highest BCUT2D eigenvalue weighted by atomic mass is 32.2. The summed E-state index contributed by atoms with van der Waals surface area (Å²) in [5.74, 6) is 1.27. The zero-order chi connectivity index (χ0) is 15.5. The molecule has 0 radical (unpaired) electrons. The fourth-order valence-electron chi connectivity index (χ4n) is 1.65. The van der Waals surface area contributed by atoms with Gasteiger partial charge in [0.05, 0.1) is 20.1 Å². The summed E-state index contributed by atoms with van der Waals surface area (Å²) in [5, 5.41) is 3.48. The van der Waals surface area contributed by atoms with Gasteiger partial charge in [-0.3, -0.25) is 4.79 Å². The van der Waals surface area contributed by atoms with Crippen LogP contribution in [0.2, 0.25) is 0 Å². The number of ether oxygens (including phenoxy) is 2. The first-order valence-corrected chi connectivity index (χ1v) is 7.65. The molecular formula is C14H19N3O3S. The normalized spacial score (nSPS) is 11.3. The summed E-state index contributed by atoms with van der Waals surface area (Å²) in [6.07, 6.45) is 0.244. The van der Waals surface area contributed by atoms with Crippen molar-refractivity contribution in [2.24, 2.45) is 5.11 Å². The summed E-state index contributed by atoms with van der Waals surface area (Å²) in [6, 6.07) is 7.73. The van der Waals surface area contributed by atoms with Crippen LogP contribution in [0.5, 0.6) is 5.75 Å². The second-order valence-corrected chi connectivity index (χ2v) is 5.49. The van der Waals surface area contributed by atoms with Crippen LogP contribution in [0, 0.1) is 0 Å². The largest absolute Gasteiger partial charge is 0.497 e. The number of methoxy groups -OCH3 is 1. The van der Waals surface area contributed by atoms with Crippen LogP contribution in [0.4, 0.5) is 0 Å². The van der Waals surface area contributed by atoms with E-state index < -0.39 is 0 Å². The van der Waals surface area contributed by atoms with Gasteiger partial charge in [0, 0.05) is 22.5 Å². The Balaban J connectivity index is 2.54. The molecule has 6 nitrogen and oxygen atoms in total. The van der Waals surface area contributed by atoms with E-state index >= 15 is 0 Å². The van der Waals surface area contributed by atoms with Gasteiger partial charge in [-0.05, 0) is 30.2 Å². The van der Waals surface area contributed by atoms with Gasteiger partial charge in [0.1, 0.15) is 5.75 Å². The fourth-order valence-corrected chi connectivity index (χ4v) is 2.69. The van der Waals surface area contributed by atoms with Gasteiger partial charge in [-0.15, -0.1) is 0 Å². The molecule has 1 unspecified atom stereocenters. The molecule has 7 heteroatoms. The summed E-state index contributed by atoms with van der Waals surface area (Å²) in [4.78, 5) is 14.3. The van der Waals surface area contributed by atoms with Gasteiger partial charge in [-0.25, -0.2) is 0 Å². The highest BCUT2D eigenvalue weighted by Gasteiger charge is 2.14. The topological polar surface area (TPSA) is 84.3 Å². The number of nitrogens with zero attached hydrogens (tertiary/aromatic N) is 3. The Morgan fingerprint density at radius 3 is 2.71 bits per heavy atom. The molecule has 114 valence electrons. The molecule has 0 spiro atoms. The van der Waals surface area contributed by atoms with Crippen LogP contribution in [-0.4, -0.2) is 31.5 Å². The van der Waals surface area contributed by atoms with Gasteiger partial charge in [0.15, 0.2) is 0 Å². The summed E-state index contributed by atoms with van der Waals surface area (Å²) in [7, 11) is 1.62. The van der Waals surface area contributed by atoms with E-state index in [-0.39, 0.29) is 24.2 Å². The van der Waals surface area contributed by atoms with E-state index in [4.69, 9.17) is 15.0 Å². The first kappa shape index (κ1) is 17.2. The molecule has 0 saturated heterocycles. The van der Waals surface area contributed by atoms with E-state index in [1.54, 1.807) is 25.8 Å². The average molecular weight is 309 g/mol. The van der Waals surface area contributed by atoms with Crippen molar-refractivity contribution >= 4 is 17.7 Å². The van der Waals surface area contributed by atoms with E-state index in [2.05, 4.69) is 10.0 Å². The summed E-state index contributed by atoms with van der Waals surface area (Å²) in [6.45, 7) is 2.40. The SMILES string of the molecule is CCOC(=O)CC(CN=[N+]=[N-])SCc1ccc(OC)cc1. The van der Waals surface area contributed by atoms with Crippen molar-refractivity contribution in [1.29, 1.82) is 0 Å². The maximum atomic E-state index is 11.5. The zero-order valence-corrected chi connectivity index (χ0v) is 13.0. The van der Waals surface area contributed by atoms with E-state index in [1.165, 1.54) is 0 Å². The number of thioether (sulfide) groups is 1. The molecule has 0 aliphatic carbocycles. The maximum absolute atomic E-state index is 11.5. The number of azide groups is 1. The number of benzene rings is 1. The van der Waals surface area contributed by atoms with Crippen molar-refractivity contribution < 1.29 is 14.3 Å². The quantitative estimate of drug-likeness (QED) is 0.302. The highest BCUT2D eigenvalue weighted by molar-refractivity contribution is 7.99. The number of rotatable bonds is 9. The van der Waals surface area contributed by atoms with E-state index in [9.17, 15) is 4.79 Å². The minimum Gasteiger partial charge on any atom is -0.497 e. The van der Waals surface area contributed by atoms with Gasteiger partial charge in [-0.2, -0.15) is 11.8 Å². The Hall–Kier alpha value is -1.85. The smallest absolute Gasteiger partial charge is 0.306 e. The molecular weight excluding hydrogens is 290 g/mol. The summed E-state index contributed by atoms with van der Waals surface area (Å²) >= 11 is 1.58. The molecule has 0 N–H and O–H groups in total. The maximum Gasteiger partial charge on any atom is 0.306 e. The Labute approximate surface area is 128 Å². The lowest BCUT2D eigenvalue weighted by Gasteiger charge is -2.13. The lowest BCUT2D eigenvalue weighted by molar-refractivity contribution is -0.143. The number of hydrogen-bond donors (Lipinski definition) is 0. The molecule has 0 bridgehead atoms. The lowest BCUT2D eigenvalue weighted by atomic mass is 10.2. The Kier molecular flexibility index (Phi) is 8.16. The third-order valence-electron chi connectivity index (χ3n) is 2.69. The van der Waals surface area contributed by atoms with Crippen molar-refractivity contribution in [2.45, 2.75) is 24.3 Å². The van der Waals surface area contributed by atoms with Crippen LogP contribution in [0.3, 0.4) is 0 Å². The first-order valence-electron chi connectivity index (χ1n) is 6.60. The number of carbonyl (C=O) groups excluding carboxylic acids is 1. The first-order chi connectivity index (χ1) is 10.2. The van der Waals surface area contributed by atoms with Gasteiger partial charge in [0.2, 0.25) is 0 Å². The van der Waals surface area contributed by atoms with Crippen molar-refractivity contribution in [3.05, 3.63) is 40.3 Å². The third kappa shape index (κ3) is 6.92. The molecule has 0 aliphatic rings. The molecule has 0 aliphatic heterocycles. The minimum absolute atomic E-state index is 0.0814. The monoisotopic (exact) mass is 309 g/mol. The molecule has 0 aromatic heterocycles. The third-order valence-corrected chi connectivity index (χ3v) is 3.98. The van der Waals surface area contributed by atoms with Crippen molar-refractivity contribution in [1.82, 2.24) is 0 Å². The van der Waals surface area contributed by atoms with Crippen LogP contribution in [0.15, 0.2) is 29.4 Å². The molecule has 1 aromatic carbocycles. The van der Waals surface area contributed by atoms with Crippen LogP contribution in [0.25, 0.3) is 10.4 Å². The summed E-state index contributed by atoms with van der Waals surface area (Å²) in [5.41, 5.74) is 9.54. The van der Waals surface area contributed by atoms with Crippen molar-refractivity contribution in [3.63, 3.8) is 0 Å². The van der Waals surface area contributed by atoms with Gasteiger partial charge in [-0.1, -0.05) is 17.2 Å². The molecule has 0 saturated carbocycles.